The van der Waals surface area contributed by atoms with E-state index in [1.807, 2.05) is 25.1 Å². The Morgan fingerprint density at radius 1 is 1.47 bits per heavy atom. The first-order chi connectivity index (χ1) is 9.17. The summed E-state index contributed by atoms with van der Waals surface area (Å²) in [6.45, 7) is 4.76. The molecule has 1 unspecified atom stereocenters. The van der Waals surface area contributed by atoms with Gasteiger partial charge in [-0.3, -0.25) is 4.79 Å². The van der Waals surface area contributed by atoms with Gasteiger partial charge in [0.25, 0.3) is 5.91 Å². The lowest BCUT2D eigenvalue weighted by molar-refractivity contribution is 0.0938. The van der Waals surface area contributed by atoms with Crippen molar-refractivity contribution in [3.05, 3.63) is 29.8 Å². The van der Waals surface area contributed by atoms with Gasteiger partial charge in [-0.15, -0.1) is 0 Å². The zero-order valence-electron chi connectivity index (χ0n) is 11.6. The highest BCUT2D eigenvalue weighted by molar-refractivity contribution is 9.09. The molecule has 0 spiro atoms. The number of hydrogen-bond donors (Lipinski definition) is 1. The molecule has 0 aromatic heterocycles. The summed E-state index contributed by atoms with van der Waals surface area (Å²) in [4.78, 5) is 12.1. The normalized spacial score (nSPS) is 11.9. The summed E-state index contributed by atoms with van der Waals surface area (Å²) in [5, 5.41) is 3.96. The number of halogens is 1. The lowest BCUT2D eigenvalue weighted by atomic mass is 10.1. The Bertz CT molecular complexity index is 395. The van der Waals surface area contributed by atoms with Crippen LogP contribution < -0.4 is 10.1 Å². The number of benzene rings is 1. The summed E-state index contributed by atoms with van der Waals surface area (Å²) in [5.41, 5.74) is 0.652. The highest BCUT2D eigenvalue weighted by Gasteiger charge is 2.10. The van der Waals surface area contributed by atoms with Crippen molar-refractivity contribution >= 4 is 21.8 Å². The van der Waals surface area contributed by atoms with E-state index < -0.39 is 0 Å². The van der Waals surface area contributed by atoms with Crippen LogP contribution in [0.25, 0.3) is 0 Å². The van der Waals surface area contributed by atoms with Crippen molar-refractivity contribution in [1.29, 1.82) is 0 Å². The maximum absolute atomic E-state index is 12.1. The number of rotatable bonds is 8. The van der Waals surface area contributed by atoms with Gasteiger partial charge in [-0.2, -0.15) is 0 Å². The third-order valence-electron chi connectivity index (χ3n) is 2.72. The second kappa shape index (κ2) is 8.97. The minimum Gasteiger partial charge on any atom is -0.494 e. The van der Waals surface area contributed by atoms with Crippen molar-refractivity contribution in [3.8, 4) is 5.75 Å². The molecule has 106 valence electrons. The summed E-state index contributed by atoms with van der Waals surface area (Å²) in [6, 6.07) is 7.52. The van der Waals surface area contributed by atoms with E-state index in [1.54, 1.807) is 6.07 Å². The molecule has 0 aliphatic carbocycles. The van der Waals surface area contributed by atoms with E-state index in [9.17, 15) is 4.79 Å². The predicted molar refractivity (Wildman–Crippen MR) is 82.2 cm³/mol. The van der Waals surface area contributed by atoms with E-state index in [4.69, 9.17) is 4.74 Å². The standard InChI is InChI=1S/C15H22BrNO2/c1-3-10-19-14-8-4-7-13(11-14)15(18)17-12(2)6-5-9-16/h4,7-8,11-12H,3,5-6,9-10H2,1-2H3,(H,17,18). The summed E-state index contributed by atoms with van der Waals surface area (Å²) in [5.74, 6) is 0.714. The number of alkyl halides is 1. The summed E-state index contributed by atoms with van der Waals surface area (Å²) < 4.78 is 5.53. The quantitative estimate of drug-likeness (QED) is 0.738. The molecular weight excluding hydrogens is 306 g/mol. The molecule has 0 heterocycles. The van der Waals surface area contributed by atoms with E-state index in [-0.39, 0.29) is 11.9 Å². The van der Waals surface area contributed by atoms with Crippen molar-refractivity contribution in [1.82, 2.24) is 5.32 Å². The van der Waals surface area contributed by atoms with Gasteiger partial charge in [0.05, 0.1) is 6.61 Å². The van der Waals surface area contributed by atoms with Crippen molar-refractivity contribution in [3.63, 3.8) is 0 Å². The van der Waals surface area contributed by atoms with E-state index >= 15 is 0 Å². The van der Waals surface area contributed by atoms with Gasteiger partial charge in [0, 0.05) is 16.9 Å². The molecule has 0 saturated carbocycles. The molecule has 1 rings (SSSR count). The molecule has 3 nitrogen and oxygen atoms in total. The molecule has 0 saturated heterocycles. The SMILES string of the molecule is CCCOc1cccc(C(=O)NC(C)CCCBr)c1. The number of carbonyl (C=O) groups excluding carboxylic acids is 1. The molecule has 0 aliphatic rings. The molecule has 1 aromatic rings. The van der Waals surface area contributed by atoms with Crippen LogP contribution in [0.4, 0.5) is 0 Å². The molecule has 0 aliphatic heterocycles. The zero-order valence-corrected chi connectivity index (χ0v) is 13.2. The number of hydrogen-bond acceptors (Lipinski definition) is 2. The van der Waals surface area contributed by atoms with E-state index in [0.29, 0.717) is 12.2 Å². The average molecular weight is 328 g/mol. The maximum Gasteiger partial charge on any atom is 0.251 e. The van der Waals surface area contributed by atoms with Crippen LogP contribution in [0.2, 0.25) is 0 Å². The van der Waals surface area contributed by atoms with Gasteiger partial charge >= 0.3 is 0 Å². The first kappa shape index (κ1) is 16.0. The average Bonchev–Trinajstić information content (AvgIpc) is 2.43. The Kier molecular flexibility index (Phi) is 7.56. The maximum atomic E-state index is 12.1. The smallest absolute Gasteiger partial charge is 0.251 e. The predicted octanol–water partition coefficient (Wildman–Crippen LogP) is 3.77. The summed E-state index contributed by atoms with van der Waals surface area (Å²) >= 11 is 3.39. The van der Waals surface area contributed by atoms with Gasteiger partial charge in [0.1, 0.15) is 5.75 Å². The second-order valence-corrected chi connectivity index (χ2v) is 5.38. The molecule has 1 N–H and O–H groups in total. The van der Waals surface area contributed by atoms with Crippen LogP contribution in [0, 0.1) is 0 Å². The van der Waals surface area contributed by atoms with Crippen LogP contribution in [-0.4, -0.2) is 23.9 Å². The van der Waals surface area contributed by atoms with Crippen LogP contribution in [-0.2, 0) is 0 Å². The van der Waals surface area contributed by atoms with Gasteiger partial charge in [0.2, 0.25) is 0 Å². The number of amides is 1. The summed E-state index contributed by atoms with van der Waals surface area (Å²) in [7, 11) is 0. The van der Waals surface area contributed by atoms with Gasteiger partial charge < -0.3 is 10.1 Å². The fourth-order valence-electron chi connectivity index (χ4n) is 1.71. The first-order valence-electron chi connectivity index (χ1n) is 6.77. The highest BCUT2D eigenvalue weighted by Crippen LogP contribution is 2.14. The van der Waals surface area contributed by atoms with E-state index in [2.05, 4.69) is 28.2 Å². The van der Waals surface area contributed by atoms with E-state index in [1.165, 1.54) is 0 Å². The monoisotopic (exact) mass is 327 g/mol. The highest BCUT2D eigenvalue weighted by atomic mass is 79.9. The van der Waals surface area contributed by atoms with Crippen molar-refractivity contribution < 1.29 is 9.53 Å². The minimum atomic E-state index is -0.0379. The summed E-state index contributed by atoms with van der Waals surface area (Å²) in [6.07, 6.45) is 2.99. The minimum absolute atomic E-state index is 0.0379. The van der Waals surface area contributed by atoms with Gasteiger partial charge in [0.15, 0.2) is 0 Å². The fourth-order valence-corrected chi connectivity index (χ4v) is 2.03. The van der Waals surface area contributed by atoms with Crippen LogP contribution in [0.1, 0.15) is 43.5 Å². The van der Waals surface area contributed by atoms with Gasteiger partial charge in [-0.25, -0.2) is 0 Å². The number of nitrogens with one attached hydrogen (secondary N) is 1. The molecule has 0 radical (unpaired) electrons. The Hall–Kier alpha value is -1.03. The zero-order chi connectivity index (χ0) is 14.1. The van der Waals surface area contributed by atoms with Crippen LogP contribution in [0.15, 0.2) is 24.3 Å². The largest absolute Gasteiger partial charge is 0.494 e. The van der Waals surface area contributed by atoms with E-state index in [0.717, 1.165) is 30.3 Å². The molecule has 4 heteroatoms. The van der Waals surface area contributed by atoms with Crippen LogP contribution in [0.5, 0.6) is 5.75 Å². The molecule has 1 atom stereocenters. The molecule has 1 aromatic carbocycles. The topological polar surface area (TPSA) is 38.3 Å². The fraction of sp³-hybridized carbons (Fsp3) is 0.533. The molecular formula is C15H22BrNO2. The Balaban J connectivity index is 2.56. The molecule has 0 bridgehead atoms. The third-order valence-corrected chi connectivity index (χ3v) is 3.28. The third kappa shape index (κ3) is 6.10. The second-order valence-electron chi connectivity index (χ2n) is 4.58. The lowest BCUT2D eigenvalue weighted by Crippen LogP contribution is -2.32. The van der Waals surface area contributed by atoms with Crippen LogP contribution >= 0.6 is 15.9 Å². The number of carbonyl (C=O) groups is 1. The Morgan fingerprint density at radius 3 is 2.95 bits per heavy atom. The van der Waals surface area contributed by atoms with Crippen molar-refractivity contribution in [2.75, 3.05) is 11.9 Å². The van der Waals surface area contributed by atoms with Crippen LogP contribution in [0.3, 0.4) is 0 Å². The van der Waals surface area contributed by atoms with Crippen molar-refractivity contribution in [2.24, 2.45) is 0 Å². The molecule has 19 heavy (non-hydrogen) atoms. The van der Waals surface area contributed by atoms with Gasteiger partial charge in [-0.1, -0.05) is 28.9 Å². The van der Waals surface area contributed by atoms with Gasteiger partial charge in [-0.05, 0) is 44.4 Å². The molecule has 1 amide bonds. The number of ether oxygens (including phenoxy) is 1. The Morgan fingerprint density at radius 2 is 2.26 bits per heavy atom. The Labute approximate surface area is 123 Å². The molecule has 0 fully saturated rings. The lowest BCUT2D eigenvalue weighted by Gasteiger charge is -2.13. The van der Waals surface area contributed by atoms with Crippen molar-refractivity contribution in [2.45, 2.75) is 39.2 Å². The first-order valence-corrected chi connectivity index (χ1v) is 7.89.